The number of carbonyl (C=O) groups excluding carboxylic acids is 1. The highest BCUT2D eigenvalue weighted by Crippen LogP contribution is 2.27. The minimum atomic E-state index is -0.0762. The molecule has 1 unspecified atom stereocenters. The minimum Gasteiger partial charge on any atom is -0.469 e. The lowest BCUT2D eigenvalue weighted by molar-refractivity contribution is -0.144. The number of methoxy groups -OCH3 is 1. The fourth-order valence-electron chi connectivity index (χ4n) is 1.98. The van der Waals surface area contributed by atoms with Crippen molar-refractivity contribution >= 4 is 33.2 Å². The fraction of sp³-hybridized carbons (Fsp3) is 0.545. The van der Waals surface area contributed by atoms with E-state index in [4.69, 9.17) is 4.74 Å². The molecule has 0 spiro atoms. The number of nitrogens with zero attached hydrogens (tertiary/aromatic N) is 1. The van der Waals surface area contributed by atoms with Gasteiger partial charge in [-0.25, -0.2) is 0 Å². The van der Waals surface area contributed by atoms with E-state index in [2.05, 4.69) is 32.3 Å². The van der Waals surface area contributed by atoms with Crippen LogP contribution in [0.1, 0.15) is 11.3 Å². The second-order valence-corrected chi connectivity index (χ2v) is 5.79. The van der Waals surface area contributed by atoms with E-state index in [1.54, 1.807) is 11.3 Å². The molecule has 0 aliphatic carbocycles. The summed E-state index contributed by atoms with van der Waals surface area (Å²) in [7, 11) is 1.46. The number of halogens is 1. The summed E-state index contributed by atoms with van der Waals surface area (Å²) in [5.74, 6) is -0.0171. The maximum Gasteiger partial charge on any atom is 0.310 e. The van der Waals surface area contributed by atoms with Gasteiger partial charge >= 0.3 is 5.97 Å². The van der Waals surface area contributed by atoms with Gasteiger partial charge in [0.25, 0.3) is 0 Å². The Kier molecular flexibility index (Phi) is 4.00. The first-order valence-corrected chi connectivity index (χ1v) is 6.90. The van der Waals surface area contributed by atoms with Gasteiger partial charge in [0.1, 0.15) is 0 Å². The standard InChI is InChI=1S/C11H14BrNO2S/c1-15-11(14)8-2-4-13(6-8)7-10-9(12)3-5-16-10/h3,5,8H,2,4,6-7H2,1H3. The summed E-state index contributed by atoms with van der Waals surface area (Å²) >= 11 is 5.27. The van der Waals surface area contributed by atoms with E-state index in [0.717, 1.165) is 26.1 Å². The lowest BCUT2D eigenvalue weighted by Gasteiger charge is -2.14. The zero-order chi connectivity index (χ0) is 11.5. The highest BCUT2D eigenvalue weighted by atomic mass is 79.9. The number of likely N-dealkylation sites (tertiary alicyclic amines) is 1. The van der Waals surface area contributed by atoms with E-state index >= 15 is 0 Å². The van der Waals surface area contributed by atoms with Crippen molar-refractivity contribution < 1.29 is 9.53 Å². The first kappa shape index (κ1) is 12.1. The number of esters is 1. The molecule has 0 aromatic carbocycles. The van der Waals surface area contributed by atoms with Crippen LogP contribution in [0.4, 0.5) is 0 Å². The Morgan fingerprint density at radius 2 is 2.56 bits per heavy atom. The van der Waals surface area contributed by atoms with E-state index < -0.39 is 0 Å². The monoisotopic (exact) mass is 303 g/mol. The van der Waals surface area contributed by atoms with Gasteiger partial charge in [-0.15, -0.1) is 11.3 Å². The number of hydrogen-bond donors (Lipinski definition) is 0. The maximum absolute atomic E-state index is 11.4. The smallest absolute Gasteiger partial charge is 0.310 e. The van der Waals surface area contributed by atoms with Gasteiger partial charge in [-0.2, -0.15) is 0 Å². The van der Waals surface area contributed by atoms with Crippen molar-refractivity contribution in [3.05, 3.63) is 20.8 Å². The molecular weight excluding hydrogens is 290 g/mol. The summed E-state index contributed by atoms with van der Waals surface area (Å²) in [6, 6.07) is 2.06. The number of hydrogen-bond acceptors (Lipinski definition) is 4. The first-order chi connectivity index (χ1) is 7.70. The average molecular weight is 304 g/mol. The molecule has 0 saturated carbocycles. The van der Waals surface area contributed by atoms with Gasteiger partial charge in [0.15, 0.2) is 0 Å². The Morgan fingerprint density at radius 1 is 1.75 bits per heavy atom. The second kappa shape index (κ2) is 5.29. The van der Waals surface area contributed by atoms with Crippen LogP contribution in [-0.2, 0) is 16.1 Å². The largest absolute Gasteiger partial charge is 0.469 e. The number of rotatable bonds is 3. The van der Waals surface area contributed by atoms with E-state index in [-0.39, 0.29) is 11.9 Å². The molecule has 0 N–H and O–H groups in total. The summed E-state index contributed by atoms with van der Waals surface area (Å²) in [6.07, 6.45) is 0.912. The summed E-state index contributed by atoms with van der Waals surface area (Å²) in [5, 5.41) is 2.08. The van der Waals surface area contributed by atoms with Gasteiger partial charge in [0.05, 0.1) is 13.0 Å². The molecule has 1 aliphatic rings. The van der Waals surface area contributed by atoms with Crippen LogP contribution < -0.4 is 0 Å². The van der Waals surface area contributed by atoms with Crippen molar-refractivity contribution in [3.8, 4) is 0 Å². The Bertz CT molecular complexity index is 380. The summed E-state index contributed by atoms with van der Waals surface area (Å²) < 4.78 is 5.93. The molecule has 0 radical (unpaired) electrons. The van der Waals surface area contributed by atoms with Gasteiger partial charge in [-0.1, -0.05) is 0 Å². The third-order valence-corrected chi connectivity index (χ3v) is 4.78. The Balaban J connectivity index is 1.90. The van der Waals surface area contributed by atoms with Crippen molar-refractivity contribution in [2.75, 3.05) is 20.2 Å². The van der Waals surface area contributed by atoms with Crippen LogP contribution in [-0.4, -0.2) is 31.1 Å². The molecule has 2 heterocycles. The molecule has 2 rings (SSSR count). The van der Waals surface area contributed by atoms with Gasteiger partial charge < -0.3 is 4.74 Å². The first-order valence-electron chi connectivity index (χ1n) is 5.22. The third-order valence-electron chi connectivity index (χ3n) is 2.87. The molecule has 3 nitrogen and oxygen atoms in total. The highest BCUT2D eigenvalue weighted by molar-refractivity contribution is 9.10. The maximum atomic E-state index is 11.4. The van der Waals surface area contributed by atoms with Crippen LogP contribution in [0.5, 0.6) is 0 Å². The second-order valence-electron chi connectivity index (χ2n) is 3.94. The summed E-state index contributed by atoms with van der Waals surface area (Å²) in [4.78, 5) is 15.0. The van der Waals surface area contributed by atoms with E-state index in [0.29, 0.717) is 0 Å². The van der Waals surface area contributed by atoms with Crippen molar-refractivity contribution in [1.82, 2.24) is 4.90 Å². The van der Waals surface area contributed by atoms with Gasteiger partial charge in [0, 0.05) is 22.4 Å². The molecule has 1 aromatic rings. The zero-order valence-corrected chi connectivity index (χ0v) is 11.5. The number of ether oxygens (including phenoxy) is 1. The molecular formula is C11H14BrNO2S. The van der Waals surface area contributed by atoms with Crippen LogP contribution >= 0.6 is 27.3 Å². The van der Waals surface area contributed by atoms with Crippen LogP contribution in [0.25, 0.3) is 0 Å². The highest BCUT2D eigenvalue weighted by Gasteiger charge is 2.29. The molecule has 1 atom stereocenters. The van der Waals surface area contributed by atoms with Gasteiger partial charge in [-0.05, 0) is 40.3 Å². The topological polar surface area (TPSA) is 29.5 Å². The van der Waals surface area contributed by atoms with Gasteiger partial charge in [-0.3, -0.25) is 9.69 Å². The predicted octanol–water partition coefficient (Wildman–Crippen LogP) is 2.51. The summed E-state index contributed by atoms with van der Waals surface area (Å²) in [5.41, 5.74) is 0. The van der Waals surface area contributed by atoms with Crippen LogP contribution in [0.3, 0.4) is 0 Å². The molecule has 0 bridgehead atoms. The average Bonchev–Trinajstić information content (AvgIpc) is 2.89. The van der Waals surface area contributed by atoms with Crippen LogP contribution in [0.15, 0.2) is 15.9 Å². The quantitative estimate of drug-likeness (QED) is 0.804. The lowest BCUT2D eigenvalue weighted by Crippen LogP contribution is -2.23. The number of thiophene rings is 1. The molecule has 88 valence electrons. The molecule has 5 heteroatoms. The van der Waals surface area contributed by atoms with E-state index in [1.807, 2.05) is 0 Å². The molecule has 16 heavy (non-hydrogen) atoms. The Labute approximate surface area is 108 Å². The van der Waals surface area contributed by atoms with Crippen molar-refractivity contribution in [1.29, 1.82) is 0 Å². The third kappa shape index (κ3) is 2.64. The molecule has 1 fully saturated rings. The van der Waals surface area contributed by atoms with Crippen LogP contribution in [0.2, 0.25) is 0 Å². The fourth-order valence-corrected chi connectivity index (χ4v) is 3.50. The Hall–Kier alpha value is -0.390. The lowest BCUT2D eigenvalue weighted by atomic mass is 10.1. The molecule has 0 amide bonds. The molecule has 1 aliphatic heterocycles. The van der Waals surface area contributed by atoms with Crippen LogP contribution in [0, 0.1) is 5.92 Å². The number of carbonyl (C=O) groups is 1. The SMILES string of the molecule is COC(=O)C1CCN(Cc2sccc2Br)C1. The molecule has 1 saturated heterocycles. The predicted molar refractivity (Wildman–Crippen MR) is 67.4 cm³/mol. The normalized spacial score (nSPS) is 21.2. The van der Waals surface area contributed by atoms with Crippen molar-refractivity contribution in [2.45, 2.75) is 13.0 Å². The minimum absolute atomic E-state index is 0.0590. The van der Waals surface area contributed by atoms with Crippen molar-refractivity contribution in [3.63, 3.8) is 0 Å². The summed E-state index contributed by atoms with van der Waals surface area (Å²) in [6.45, 7) is 2.72. The van der Waals surface area contributed by atoms with E-state index in [1.165, 1.54) is 16.5 Å². The zero-order valence-electron chi connectivity index (χ0n) is 9.11. The van der Waals surface area contributed by atoms with E-state index in [9.17, 15) is 4.79 Å². The van der Waals surface area contributed by atoms with Crippen molar-refractivity contribution in [2.24, 2.45) is 5.92 Å². The molecule has 1 aromatic heterocycles. The Morgan fingerprint density at radius 3 is 3.19 bits per heavy atom. The van der Waals surface area contributed by atoms with Gasteiger partial charge in [0.2, 0.25) is 0 Å².